The van der Waals surface area contributed by atoms with Gasteiger partial charge in [-0.3, -0.25) is 0 Å². The van der Waals surface area contributed by atoms with Crippen LogP contribution in [0.3, 0.4) is 0 Å². The van der Waals surface area contributed by atoms with Crippen molar-refractivity contribution in [3.8, 4) is 0 Å². The molecule has 0 unspecified atom stereocenters. The number of rotatable bonds is 12. The molecule has 0 saturated carbocycles. The number of aromatic nitrogens is 3. The highest BCUT2D eigenvalue weighted by molar-refractivity contribution is 5.74. The number of imidazole rings is 1. The normalized spacial score (nSPS) is 11.1. The van der Waals surface area contributed by atoms with Crippen molar-refractivity contribution < 1.29 is 9.30 Å². The predicted molar refractivity (Wildman–Crippen MR) is 109 cm³/mol. The maximum atomic E-state index is 5.81. The second-order valence-electron chi connectivity index (χ2n) is 6.95. The van der Waals surface area contributed by atoms with Gasteiger partial charge >= 0.3 is 0 Å². The number of unbranched alkanes of at least 4 members (excludes halogenated alkanes) is 5. The molecule has 5 nitrogen and oxygen atoms in total. The van der Waals surface area contributed by atoms with E-state index in [4.69, 9.17) is 4.74 Å². The fraction of sp³-hybridized carbons (Fsp3) is 0.455. The number of hydrogen-bond donors (Lipinski definition) is 1. The molecule has 0 aliphatic carbocycles. The Morgan fingerprint density at radius 3 is 2.81 bits per heavy atom. The van der Waals surface area contributed by atoms with Crippen LogP contribution in [0, 0.1) is 0 Å². The molecule has 3 aromatic rings. The third-order valence-electron chi connectivity index (χ3n) is 4.72. The summed E-state index contributed by atoms with van der Waals surface area (Å²) in [6.07, 6.45) is 13.7. The standard InChI is InChI=1S/C22H31N4O/c1-2-3-4-5-6-9-15-27-19-25-14-10-11-20(16-25)23-17-26-18-24-21-12-7-8-13-22(21)26/h7-8,10-14,16,18,23H,2-6,9,15,17,19H2,1H3/q+1. The van der Waals surface area contributed by atoms with Crippen LogP contribution in [0.25, 0.3) is 11.0 Å². The minimum Gasteiger partial charge on any atom is -0.363 e. The van der Waals surface area contributed by atoms with Crippen molar-refractivity contribution in [2.24, 2.45) is 0 Å². The third-order valence-corrected chi connectivity index (χ3v) is 4.72. The van der Waals surface area contributed by atoms with Gasteiger partial charge in [-0.1, -0.05) is 51.2 Å². The van der Waals surface area contributed by atoms with Gasteiger partial charge in [-0.05, 0) is 24.6 Å². The van der Waals surface area contributed by atoms with Crippen molar-refractivity contribution in [1.82, 2.24) is 9.55 Å². The average molecular weight is 368 g/mol. The van der Waals surface area contributed by atoms with Gasteiger partial charge in [0.15, 0.2) is 12.4 Å². The number of para-hydroxylation sites is 2. The lowest BCUT2D eigenvalue weighted by molar-refractivity contribution is -0.732. The smallest absolute Gasteiger partial charge is 0.252 e. The van der Waals surface area contributed by atoms with Gasteiger partial charge in [0.05, 0.1) is 30.6 Å². The first-order chi connectivity index (χ1) is 13.4. The number of pyridine rings is 1. The lowest BCUT2D eigenvalue weighted by atomic mass is 10.1. The highest BCUT2D eigenvalue weighted by Gasteiger charge is 2.04. The van der Waals surface area contributed by atoms with E-state index in [0.29, 0.717) is 13.4 Å². The van der Waals surface area contributed by atoms with Gasteiger partial charge in [0.25, 0.3) is 6.73 Å². The van der Waals surface area contributed by atoms with E-state index in [2.05, 4.69) is 44.7 Å². The number of nitrogens with zero attached hydrogens (tertiary/aromatic N) is 3. The molecule has 1 N–H and O–H groups in total. The van der Waals surface area contributed by atoms with Gasteiger partial charge in [-0.15, -0.1) is 0 Å². The van der Waals surface area contributed by atoms with E-state index in [1.54, 1.807) is 0 Å². The monoisotopic (exact) mass is 367 g/mol. The fourth-order valence-electron chi connectivity index (χ4n) is 3.17. The molecule has 0 spiro atoms. The zero-order valence-electron chi connectivity index (χ0n) is 16.3. The first-order valence-corrected chi connectivity index (χ1v) is 10.1. The molecular formula is C22H31N4O+. The van der Waals surface area contributed by atoms with Gasteiger partial charge < -0.3 is 14.6 Å². The zero-order valence-corrected chi connectivity index (χ0v) is 16.3. The molecule has 0 aliphatic heterocycles. The van der Waals surface area contributed by atoms with Crippen LogP contribution in [0.5, 0.6) is 0 Å². The van der Waals surface area contributed by atoms with E-state index in [1.165, 1.54) is 32.1 Å². The Kier molecular flexibility index (Phi) is 7.66. The van der Waals surface area contributed by atoms with Crippen molar-refractivity contribution >= 4 is 16.7 Å². The molecule has 0 radical (unpaired) electrons. The van der Waals surface area contributed by atoms with E-state index in [1.807, 2.05) is 36.8 Å². The summed E-state index contributed by atoms with van der Waals surface area (Å²) >= 11 is 0. The number of fused-ring (bicyclic) bond motifs is 1. The molecule has 0 saturated heterocycles. The number of nitrogens with one attached hydrogen (secondary N) is 1. The fourth-order valence-corrected chi connectivity index (χ4v) is 3.17. The molecule has 2 aromatic heterocycles. The Morgan fingerprint density at radius 1 is 1.04 bits per heavy atom. The summed E-state index contributed by atoms with van der Waals surface area (Å²) in [7, 11) is 0. The summed E-state index contributed by atoms with van der Waals surface area (Å²) in [5, 5.41) is 3.46. The van der Waals surface area contributed by atoms with E-state index in [-0.39, 0.29) is 0 Å². The van der Waals surface area contributed by atoms with Gasteiger partial charge in [-0.25, -0.2) is 4.98 Å². The predicted octanol–water partition coefficient (Wildman–Crippen LogP) is 4.73. The minimum absolute atomic E-state index is 0.596. The molecule has 2 heterocycles. The largest absolute Gasteiger partial charge is 0.363 e. The van der Waals surface area contributed by atoms with Crippen molar-refractivity contribution in [2.45, 2.75) is 58.8 Å². The Balaban J connectivity index is 1.41. The molecule has 3 rings (SSSR count). The van der Waals surface area contributed by atoms with Gasteiger partial charge in [0.2, 0.25) is 0 Å². The maximum absolute atomic E-state index is 5.81. The molecular weight excluding hydrogens is 336 g/mol. The van der Waals surface area contributed by atoms with Crippen LogP contribution in [0.1, 0.15) is 45.4 Å². The van der Waals surface area contributed by atoms with Crippen LogP contribution >= 0.6 is 0 Å². The summed E-state index contributed by atoms with van der Waals surface area (Å²) in [6.45, 7) is 4.36. The number of anilines is 1. The SMILES string of the molecule is CCCCCCCCOC[n+]1cccc(NCn2cnc3ccccc32)c1. The molecule has 1 aromatic carbocycles. The average Bonchev–Trinajstić information content (AvgIpc) is 3.12. The van der Waals surface area contributed by atoms with E-state index in [9.17, 15) is 0 Å². The van der Waals surface area contributed by atoms with Gasteiger partial charge in [-0.2, -0.15) is 4.57 Å². The first-order valence-electron chi connectivity index (χ1n) is 10.1. The Bertz CT molecular complexity index is 815. The topological polar surface area (TPSA) is 43.0 Å². The molecule has 0 fully saturated rings. The Morgan fingerprint density at radius 2 is 1.89 bits per heavy atom. The van der Waals surface area contributed by atoms with E-state index < -0.39 is 0 Å². The Hall–Kier alpha value is -2.40. The summed E-state index contributed by atoms with van der Waals surface area (Å²) in [5.74, 6) is 0. The Labute approximate surface area is 162 Å². The molecule has 27 heavy (non-hydrogen) atoms. The summed E-state index contributed by atoms with van der Waals surface area (Å²) in [4.78, 5) is 4.43. The van der Waals surface area contributed by atoms with Crippen LogP contribution in [0.2, 0.25) is 0 Å². The zero-order chi connectivity index (χ0) is 18.7. The molecule has 0 atom stereocenters. The maximum Gasteiger partial charge on any atom is 0.252 e. The summed E-state index contributed by atoms with van der Waals surface area (Å²) < 4.78 is 10.00. The van der Waals surface area contributed by atoms with Crippen molar-refractivity contribution in [3.63, 3.8) is 0 Å². The van der Waals surface area contributed by atoms with Crippen LogP contribution < -0.4 is 9.88 Å². The van der Waals surface area contributed by atoms with Crippen molar-refractivity contribution in [2.75, 3.05) is 11.9 Å². The van der Waals surface area contributed by atoms with Crippen LogP contribution in [0.15, 0.2) is 55.1 Å². The highest BCUT2D eigenvalue weighted by Crippen LogP contribution is 2.12. The van der Waals surface area contributed by atoms with Crippen molar-refractivity contribution in [3.05, 3.63) is 55.1 Å². The summed E-state index contributed by atoms with van der Waals surface area (Å²) in [6, 6.07) is 12.3. The quantitative estimate of drug-likeness (QED) is 0.372. The third kappa shape index (κ3) is 6.07. The molecule has 0 amide bonds. The van der Waals surface area contributed by atoms with Crippen LogP contribution in [-0.2, 0) is 18.1 Å². The van der Waals surface area contributed by atoms with Gasteiger partial charge in [0.1, 0.15) is 5.69 Å². The van der Waals surface area contributed by atoms with Crippen LogP contribution in [0.4, 0.5) is 5.69 Å². The molecule has 0 aliphatic rings. The molecule has 5 heteroatoms. The number of hydrogen-bond acceptors (Lipinski definition) is 3. The molecule has 0 bridgehead atoms. The second-order valence-corrected chi connectivity index (χ2v) is 6.95. The number of benzene rings is 1. The lowest BCUT2D eigenvalue weighted by Crippen LogP contribution is -2.34. The first kappa shape index (κ1) is 19.4. The second kappa shape index (κ2) is 10.7. The summed E-state index contributed by atoms with van der Waals surface area (Å²) in [5.41, 5.74) is 3.22. The lowest BCUT2D eigenvalue weighted by Gasteiger charge is -2.08. The number of ether oxygens (including phenoxy) is 1. The van der Waals surface area contributed by atoms with E-state index in [0.717, 1.165) is 29.7 Å². The minimum atomic E-state index is 0.596. The van der Waals surface area contributed by atoms with Crippen LogP contribution in [-0.4, -0.2) is 16.2 Å². The van der Waals surface area contributed by atoms with E-state index >= 15 is 0 Å². The van der Waals surface area contributed by atoms with Crippen molar-refractivity contribution in [1.29, 1.82) is 0 Å². The van der Waals surface area contributed by atoms with Gasteiger partial charge in [0, 0.05) is 6.07 Å². The highest BCUT2D eigenvalue weighted by atomic mass is 16.5. The molecule has 144 valence electrons.